The van der Waals surface area contributed by atoms with Crippen LogP contribution in [0, 0.1) is 24.2 Å². The summed E-state index contributed by atoms with van der Waals surface area (Å²) in [5.74, 6) is 2.08. The zero-order valence-corrected chi connectivity index (χ0v) is 11.9. The van der Waals surface area contributed by atoms with Crippen molar-refractivity contribution in [3.05, 3.63) is 17.5 Å². The van der Waals surface area contributed by atoms with Gasteiger partial charge in [-0.1, -0.05) is 6.92 Å². The minimum Gasteiger partial charge on any atom is -0.316 e. The van der Waals surface area contributed by atoms with Crippen molar-refractivity contribution < 1.29 is 0 Å². The maximum atomic E-state index is 4.49. The predicted molar refractivity (Wildman–Crippen MR) is 73.5 cm³/mol. The second-order valence-corrected chi connectivity index (χ2v) is 6.52. The van der Waals surface area contributed by atoms with Gasteiger partial charge in [0.05, 0.1) is 5.69 Å². The molecule has 1 aromatic rings. The first kappa shape index (κ1) is 12.2. The van der Waals surface area contributed by atoms with E-state index in [0.717, 1.165) is 24.1 Å². The molecule has 0 radical (unpaired) electrons. The van der Waals surface area contributed by atoms with Crippen LogP contribution in [0.2, 0.25) is 0 Å². The molecule has 1 heterocycles. The van der Waals surface area contributed by atoms with E-state index in [9.17, 15) is 0 Å². The molecule has 0 bridgehead atoms. The van der Waals surface area contributed by atoms with E-state index >= 15 is 0 Å². The molecule has 2 aliphatic carbocycles. The van der Waals surface area contributed by atoms with Crippen LogP contribution in [0.4, 0.5) is 0 Å². The van der Waals surface area contributed by atoms with Gasteiger partial charge in [-0.15, -0.1) is 0 Å². The summed E-state index contributed by atoms with van der Waals surface area (Å²) in [5, 5.41) is 8.08. The highest BCUT2D eigenvalue weighted by Crippen LogP contribution is 2.60. The van der Waals surface area contributed by atoms with Gasteiger partial charge in [0.25, 0.3) is 0 Å². The number of fused-ring (bicyclic) bond motifs is 1. The number of rotatable bonds is 5. The molecule has 3 heteroatoms. The fraction of sp³-hybridized carbons (Fsp3) is 0.800. The van der Waals surface area contributed by atoms with Crippen LogP contribution in [-0.2, 0) is 13.5 Å². The second kappa shape index (κ2) is 4.37. The lowest BCUT2D eigenvalue weighted by atomic mass is 9.78. The van der Waals surface area contributed by atoms with E-state index in [1.807, 2.05) is 0 Å². The standard InChI is InChI=1S/C15H25N3/c1-4-16-10-15(7-12-6-13(12)8-15)9-14-5-11(2)17-18(14)3/h5,12-13,16H,4,6-10H2,1-3H3. The van der Waals surface area contributed by atoms with Crippen LogP contribution in [0.1, 0.15) is 37.6 Å². The number of aromatic nitrogens is 2. The monoisotopic (exact) mass is 247 g/mol. The van der Waals surface area contributed by atoms with Gasteiger partial charge in [0.15, 0.2) is 0 Å². The average molecular weight is 247 g/mol. The van der Waals surface area contributed by atoms with E-state index in [4.69, 9.17) is 0 Å². The third-order valence-corrected chi connectivity index (χ3v) is 4.86. The van der Waals surface area contributed by atoms with Crippen LogP contribution in [0.5, 0.6) is 0 Å². The third kappa shape index (κ3) is 2.20. The lowest BCUT2D eigenvalue weighted by Crippen LogP contribution is -2.35. The molecule has 2 atom stereocenters. The fourth-order valence-electron chi connectivity index (χ4n) is 3.96. The highest BCUT2D eigenvalue weighted by molar-refractivity contribution is 5.14. The molecule has 2 unspecified atom stereocenters. The molecule has 0 aliphatic heterocycles. The SMILES string of the molecule is CCNCC1(Cc2cc(C)nn2C)CC2CC2C1. The predicted octanol–water partition coefficient (Wildman–Crippen LogP) is 2.30. The van der Waals surface area contributed by atoms with Gasteiger partial charge < -0.3 is 5.32 Å². The number of hydrogen-bond acceptors (Lipinski definition) is 2. The lowest BCUT2D eigenvalue weighted by Gasteiger charge is -2.31. The molecule has 2 saturated carbocycles. The highest BCUT2D eigenvalue weighted by atomic mass is 15.3. The number of nitrogens with zero attached hydrogens (tertiary/aromatic N) is 2. The first-order chi connectivity index (χ1) is 8.62. The number of hydrogen-bond donors (Lipinski definition) is 1. The van der Waals surface area contributed by atoms with Crippen LogP contribution in [0.3, 0.4) is 0 Å². The average Bonchev–Trinajstić information content (AvgIpc) is 2.81. The van der Waals surface area contributed by atoms with Crippen LogP contribution in [-0.4, -0.2) is 22.9 Å². The Balaban J connectivity index is 1.75. The van der Waals surface area contributed by atoms with Crippen molar-refractivity contribution in [2.45, 2.75) is 39.5 Å². The van der Waals surface area contributed by atoms with Crippen LogP contribution in [0.15, 0.2) is 6.07 Å². The second-order valence-electron chi connectivity index (χ2n) is 6.52. The Bertz CT molecular complexity index is 425. The van der Waals surface area contributed by atoms with Crippen molar-refractivity contribution >= 4 is 0 Å². The van der Waals surface area contributed by atoms with Crippen molar-refractivity contribution in [2.75, 3.05) is 13.1 Å². The minimum atomic E-state index is 0.504. The van der Waals surface area contributed by atoms with Crippen molar-refractivity contribution in [1.82, 2.24) is 15.1 Å². The molecular weight excluding hydrogens is 222 g/mol. The summed E-state index contributed by atoms with van der Waals surface area (Å²) in [5.41, 5.74) is 3.06. The van der Waals surface area contributed by atoms with E-state index in [1.54, 1.807) is 0 Å². The van der Waals surface area contributed by atoms with Gasteiger partial charge >= 0.3 is 0 Å². The maximum Gasteiger partial charge on any atom is 0.0596 e. The molecule has 3 rings (SSSR count). The van der Waals surface area contributed by atoms with E-state index in [2.05, 4.69) is 42.1 Å². The minimum absolute atomic E-state index is 0.504. The van der Waals surface area contributed by atoms with Crippen molar-refractivity contribution in [1.29, 1.82) is 0 Å². The third-order valence-electron chi connectivity index (χ3n) is 4.86. The summed E-state index contributed by atoms with van der Waals surface area (Å²) in [6, 6.07) is 2.26. The molecular formula is C15H25N3. The van der Waals surface area contributed by atoms with Crippen molar-refractivity contribution in [2.24, 2.45) is 24.3 Å². The molecule has 1 N–H and O–H groups in total. The van der Waals surface area contributed by atoms with Crippen molar-refractivity contribution in [3.8, 4) is 0 Å². The summed E-state index contributed by atoms with van der Waals surface area (Å²) in [6.07, 6.45) is 5.55. The Labute approximate surface area is 110 Å². The smallest absolute Gasteiger partial charge is 0.0596 e. The maximum absolute atomic E-state index is 4.49. The summed E-state index contributed by atoms with van der Waals surface area (Å²) < 4.78 is 2.08. The molecule has 18 heavy (non-hydrogen) atoms. The summed E-state index contributed by atoms with van der Waals surface area (Å²) >= 11 is 0. The van der Waals surface area contributed by atoms with E-state index in [0.29, 0.717) is 5.41 Å². The summed E-state index contributed by atoms with van der Waals surface area (Å²) in [7, 11) is 2.08. The molecule has 2 aliphatic rings. The molecule has 1 aromatic heterocycles. The van der Waals surface area contributed by atoms with Gasteiger partial charge in [-0.25, -0.2) is 0 Å². The van der Waals surface area contributed by atoms with Gasteiger partial charge in [0.2, 0.25) is 0 Å². The number of aryl methyl sites for hydroxylation is 2. The first-order valence-electron chi connectivity index (χ1n) is 7.32. The van der Waals surface area contributed by atoms with E-state index < -0.39 is 0 Å². The topological polar surface area (TPSA) is 29.9 Å². The van der Waals surface area contributed by atoms with Crippen molar-refractivity contribution in [3.63, 3.8) is 0 Å². The van der Waals surface area contributed by atoms with Gasteiger partial charge in [-0.3, -0.25) is 4.68 Å². The molecule has 100 valence electrons. The molecule has 0 aromatic carbocycles. The van der Waals surface area contributed by atoms with Crippen LogP contribution in [0.25, 0.3) is 0 Å². The number of nitrogens with one attached hydrogen (secondary N) is 1. The summed E-state index contributed by atoms with van der Waals surface area (Å²) in [6.45, 7) is 6.56. The molecule has 0 amide bonds. The Morgan fingerprint density at radius 1 is 1.44 bits per heavy atom. The van der Waals surface area contributed by atoms with Gasteiger partial charge in [-0.2, -0.15) is 5.10 Å². The van der Waals surface area contributed by atoms with E-state index in [1.165, 1.54) is 37.9 Å². The normalized spacial score (nSPS) is 33.7. The van der Waals surface area contributed by atoms with Gasteiger partial charge in [-0.05, 0) is 62.5 Å². The zero-order chi connectivity index (χ0) is 12.8. The summed E-state index contributed by atoms with van der Waals surface area (Å²) in [4.78, 5) is 0. The largest absolute Gasteiger partial charge is 0.316 e. The molecule has 2 fully saturated rings. The zero-order valence-electron chi connectivity index (χ0n) is 11.9. The Morgan fingerprint density at radius 3 is 2.72 bits per heavy atom. The van der Waals surface area contributed by atoms with Gasteiger partial charge in [0.1, 0.15) is 0 Å². The highest BCUT2D eigenvalue weighted by Gasteiger charge is 2.53. The van der Waals surface area contributed by atoms with Crippen LogP contribution < -0.4 is 5.32 Å². The van der Waals surface area contributed by atoms with Crippen LogP contribution >= 0.6 is 0 Å². The van der Waals surface area contributed by atoms with E-state index in [-0.39, 0.29) is 0 Å². The van der Waals surface area contributed by atoms with Gasteiger partial charge in [0, 0.05) is 19.3 Å². The lowest BCUT2D eigenvalue weighted by molar-refractivity contribution is 0.245. The Hall–Kier alpha value is -0.830. The first-order valence-corrected chi connectivity index (χ1v) is 7.32. The molecule has 0 saturated heterocycles. The Morgan fingerprint density at radius 2 is 2.17 bits per heavy atom. The molecule has 3 nitrogen and oxygen atoms in total. The quantitative estimate of drug-likeness (QED) is 0.865. The molecule has 0 spiro atoms. The Kier molecular flexibility index (Phi) is 2.97. The fourth-order valence-corrected chi connectivity index (χ4v) is 3.96.